The first-order valence-corrected chi connectivity index (χ1v) is 32.2. The molecule has 0 spiro atoms. The number of hydrogen-bond acceptors (Lipinski definition) is 10. The number of benzene rings is 7. The third-order valence-corrected chi connectivity index (χ3v) is 23.0. The quantitative estimate of drug-likeness (QED) is 0.0570. The van der Waals surface area contributed by atoms with E-state index in [-0.39, 0.29) is 40.1 Å². The fourth-order valence-corrected chi connectivity index (χ4v) is 18.8. The van der Waals surface area contributed by atoms with Gasteiger partial charge >= 0.3 is 487 Å². The molecule has 5 heterocycles. The molecule has 2 saturated carbocycles. The number of anilines is 4. The van der Waals surface area contributed by atoms with Gasteiger partial charge < -0.3 is 0 Å². The molecule has 3 aromatic heterocycles. The number of thiol groups is 1. The third kappa shape index (κ3) is 8.57. The van der Waals surface area contributed by atoms with Gasteiger partial charge in [0.2, 0.25) is 0 Å². The van der Waals surface area contributed by atoms with E-state index in [1.54, 1.807) is 24.3 Å². The molecule has 10 nitrogen and oxygen atoms in total. The van der Waals surface area contributed by atoms with Gasteiger partial charge in [0.05, 0.1) is 0 Å². The molecule has 14 heteroatoms. The summed E-state index contributed by atoms with van der Waals surface area (Å²) in [6.45, 7) is 0. The summed E-state index contributed by atoms with van der Waals surface area (Å²) >= 11 is 5.13. The van der Waals surface area contributed by atoms with Crippen LogP contribution in [0.2, 0.25) is 0 Å². The molecule has 5 aliphatic rings. The van der Waals surface area contributed by atoms with Gasteiger partial charge in [-0.05, 0) is 0 Å². The van der Waals surface area contributed by atoms with Gasteiger partial charge in [0.1, 0.15) is 0 Å². The Morgan fingerprint density at radius 1 is 0.524 bits per heavy atom. The first-order valence-electron chi connectivity index (χ1n) is 27.6. The number of carboxylic acids is 2. The molecule has 0 radical (unpaired) electrons. The molecule has 400 valence electrons. The Morgan fingerprint density at radius 3 is 1.59 bits per heavy atom. The number of fused-ring (bicyclic) bond motifs is 7. The van der Waals surface area contributed by atoms with Crippen molar-refractivity contribution in [1.29, 1.82) is 5.41 Å². The molecule has 3 aliphatic carbocycles. The van der Waals surface area contributed by atoms with E-state index in [0.717, 1.165) is 79.7 Å². The maximum atomic E-state index is 12.9. The molecular weight excluding hydrogens is 1190 g/mol. The zero-order valence-corrected chi connectivity index (χ0v) is 49.1. The molecule has 15 rings (SSSR count). The van der Waals surface area contributed by atoms with Crippen molar-refractivity contribution in [2.24, 2.45) is 4.40 Å². The van der Waals surface area contributed by atoms with E-state index >= 15 is 0 Å². The van der Waals surface area contributed by atoms with Gasteiger partial charge in [0.15, 0.2) is 0 Å². The molecule has 2 aliphatic heterocycles. The summed E-state index contributed by atoms with van der Waals surface area (Å²) in [5.41, 5.74) is 18.8. The summed E-state index contributed by atoms with van der Waals surface area (Å²) in [6, 6.07) is 59.0. The Balaban J connectivity index is 0.733. The summed E-state index contributed by atoms with van der Waals surface area (Å²) in [7, 11) is 0. The number of carboxylic acid groups (broad SMARTS) is 2. The van der Waals surface area contributed by atoms with Gasteiger partial charge in [-0.1, -0.05) is 12.1 Å². The zero-order valence-electron chi connectivity index (χ0n) is 44.0. The standard InChI is InChI=1S/C68H50N6O4S2Se2/c69-63-47(37-17-19-51-49-13-7-15-55(49)73(57(51)35-37)45-9-3-1-4-10-45)21-23-53(64(63)70-79)61-27-25-59(81-61)41-29-39(31-43(33-41)67(75)76)40-30-42(34-44(32-40)68(77)78)60-26-28-62(82-60)54-24-22-48(65-66(54)72-80-71-65)38-18-20-52-50-14-8-16-56(50)74(58(52)36-38)46-11-5-2-6-12-46/h1-6,9-12,17-36,49-50,55-56,69,79H,7-8,13-16H2,(H,75,76)(H,77,78)/b69-63?,70-64-. The van der Waals surface area contributed by atoms with E-state index in [1.165, 1.54) is 77.7 Å². The predicted octanol–water partition coefficient (Wildman–Crippen LogP) is 15.9. The van der Waals surface area contributed by atoms with Crippen molar-refractivity contribution in [1.82, 2.24) is 8.75 Å². The van der Waals surface area contributed by atoms with E-state index in [4.69, 9.17) is 8.75 Å². The molecule has 2 fully saturated rings. The normalized spacial score (nSPS) is 19.3. The van der Waals surface area contributed by atoms with Crippen LogP contribution in [-0.4, -0.2) is 83.4 Å². The summed E-state index contributed by atoms with van der Waals surface area (Å²) in [5, 5.41) is 30.6. The number of hydrogen-bond donors (Lipinski definition) is 4. The molecular formula is C68H50N6O4S2Se2. The Morgan fingerprint density at radius 2 is 1.01 bits per heavy atom. The minimum atomic E-state index is -1.08. The van der Waals surface area contributed by atoms with Crippen molar-refractivity contribution in [2.75, 3.05) is 9.80 Å². The number of rotatable bonds is 11. The fourth-order valence-electron chi connectivity index (χ4n) is 13.7. The van der Waals surface area contributed by atoms with E-state index in [9.17, 15) is 25.2 Å². The molecule has 3 N–H and O–H groups in total. The van der Waals surface area contributed by atoms with E-state index in [0.29, 0.717) is 46.5 Å². The minimum absolute atomic E-state index is 0.0983. The van der Waals surface area contributed by atoms with Gasteiger partial charge in [0.25, 0.3) is 0 Å². The second-order valence-corrected chi connectivity index (χ2v) is 27.1. The summed E-state index contributed by atoms with van der Waals surface area (Å²) < 4.78 is 18.2. The van der Waals surface area contributed by atoms with Gasteiger partial charge in [-0.2, -0.15) is 0 Å². The van der Waals surface area contributed by atoms with Crippen LogP contribution in [0.5, 0.6) is 0 Å². The number of carbonyl (C=O) groups is 2. The SMILES string of the molecule is N=C1C(c2ccc3c(c2)N(c2ccccc2)C2CCCC32)=CC=C(c2ccc(-c3cc(C(=O)O)cc(-c4cc(C(=O)O)cc(-c5ccc(-c6ccc(-c7ccc8c(c7)N(c7ccccc7)C7CCCC87)c7nsnc67)[se]5)c4)c3)[se]2)/C1=N/S. The summed E-state index contributed by atoms with van der Waals surface area (Å²) in [5.74, 6) is -1.13. The predicted molar refractivity (Wildman–Crippen MR) is 337 cm³/mol. The topological polar surface area (TPSA) is 143 Å². The Hall–Kier alpha value is -7.93. The average Bonchev–Trinajstić information content (AvgIpc) is 4.44. The van der Waals surface area contributed by atoms with Crippen LogP contribution in [0.4, 0.5) is 22.7 Å². The van der Waals surface area contributed by atoms with Crippen molar-refractivity contribution in [3.05, 3.63) is 214 Å². The number of aromatic nitrogens is 2. The van der Waals surface area contributed by atoms with Crippen molar-refractivity contribution in [2.45, 2.75) is 62.4 Å². The molecule has 82 heavy (non-hydrogen) atoms. The number of para-hydroxylation sites is 2. The monoisotopic (exact) mass is 1240 g/mol. The van der Waals surface area contributed by atoms with E-state index in [2.05, 4.69) is 148 Å². The van der Waals surface area contributed by atoms with Crippen LogP contribution < -0.4 is 9.80 Å². The third-order valence-electron chi connectivity index (χ3n) is 17.4. The van der Waals surface area contributed by atoms with Crippen molar-refractivity contribution in [3.8, 4) is 52.3 Å². The van der Waals surface area contributed by atoms with Gasteiger partial charge in [-0.15, -0.1) is 0 Å². The molecule has 10 aromatic rings. The second kappa shape index (κ2) is 20.5. The Bertz CT molecular complexity index is 4410. The Labute approximate surface area is 495 Å². The number of aromatic carboxylic acids is 2. The first-order chi connectivity index (χ1) is 40.1. The first kappa shape index (κ1) is 51.0. The van der Waals surface area contributed by atoms with Crippen molar-refractivity contribution >= 4 is 122 Å². The Kier molecular flexibility index (Phi) is 12.7. The van der Waals surface area contributed by atoms with Gasteiger partial charge in [-0.25, -0.2) is 0 Å². The molecule has 4 unspecified atom stereocenters. The van der Waals surface area contributed by atoms with Crippen molar-refractivity contribution in [3.63, 3.8) is 0 Å². The van der Waals surface area contributed by atoms with Gasteiger partial charge in [0, 0.05) is 0 Å². The summed E-state index contributed by atoms with van der Waals surface area (Å²) in [4.78, 5) is 30.8. The average molecular weight is 1240 g/mol. The number of allylic oxidation sites excluding steroid dienone is 4. The fraction of sp³-hybridized carbons (Fsp3) is 0.147. The number of nitrogens with one attached hydrogen (secondary N) is 1. The summed E-state index contributed by atoms with van der Waals surface area (Å²) in [6.07, 6.45) is 11.2. The van der Waals surface area contributed by atoms with Crippen LogP contribution in [0.3, 0.4) is 0 Å². The van der Waals surface area contributed by atoms with Crippen LogP contribution in [0.1, 0.15) is 92.2 Å². The van der Waals surface area contributed by atoms with Gasteiger partial charge in [-0.3, -0.25) is 0 Å². The molecule has 4 atom stereocenters. The maximum absolute atomic E-state index is 12.9. The van der Waals surface area contributed by atoms with Crippen LogP contribution in [0.15, 0.2) is 186 Å². The van der Waals surface area contributed by atoms with Crippen LogP contribution in [0.25, 0.3) is 74.4 Å². The van der Waals surface area contributed by atoms with Crippen molar-refractivity contribution < 1.29 is 19.8 Å². The van der Waals surface area contributed by atoms with E-state index < -0.39 is 11.9 Å². The molecule has 0 amide bonds. The van der Waals surface area contributed by atoms with Crippen LogP contribution in [-0.2, 0) is 0 Å². The zero-order chi connectivity index (χ0) is 55.3. The molecule has 0 saturated heterocycles. The molecule has 0 bridgehead atoms. The second-order valence-electron chi connectivity index (χ2n) is 21.8. The number of nitrogens with zero attached hydrogens (tertiary/aromatic N) is 5. The molecule has 7 aromatic carbocycles. The van der Waals surface area contributed by atoms with Crippen LogP contribution >= 0.6 is 24.5 Å². The van der Waals surface area contributed by atoms with E-state index in [1.807, 2.05) is 36.4 Å². The van der Waals surface area contributed by atoms with Crippen LogP contribution in [0, 0.1) is 5.41 Å².